The maximum atomic E-state index is 12.8. The van der Waals surface area contributed by atoms with Gasteiger partial charge in [-0.2, -0.15) is 0 Å². The zero-order chi connectivity index (χ0) is 38.3. The number of carbonyl (C=O) groups excluding carboxylic acids is 1. The van der Waals surface area contributed by atoms with Crippen molar-refractivity contribution >= 4 is 6.16 Å². The van der Waals surface area contributed by atoms with Gasteiger partial charge in [-0.1, -0.05) is 54.6 Å². The molecule has 11 nitrogen and oxygen atoms in total. The van der Waals surface area contributed by atoms with Crippen LogP contribution in [0.25, 0.3) is 0 Å². The van der Waals surface area contributed by atoms with Crippen LogP contribution in [0.3, 0.4) is 0 Å². The van der Waals surface area contributed by atoms with Gasteiger partial charge in [0.1, 0.15) is 28.6 Å². The third kappa shape index (κ3) is 12.4. The van der Waals surface area contributed by atoms with Crippen molar-refractivity contribution in [3.8, 4) is 23.0 Å². The second-order valence-electron chi connectivity index (χ2n) is 14.0. The molecule has 1 aliphatic rings. The molecule has 1 fully saturated rings. The molecule has 0 aliphatic carbocycles. The van der Waals surface area contributed by atoms with Gasteiger partial charge in [-0.25, -0.2) is 4.79 Å². The first-order chi connectivity index (χ1) is 26.1. The Morgan fingerprint density at radius 3 is 1.76 bits per heavy atom. The normalized spacial score (nSPS) is 17.4. The molecule has 4 aromatic rings. The van der Waals surface area contributed by atoms with Crippen molar-refractivity contribution in [2.75, 3.05) is 47.6 Å². The maximum Gasteiger partial charge on any atom is 0.528 e. The first kappa shape index (κ1) is 40.4. The molecule has 1 heterocycles. The molecule has 0 aromatic heterocycles. The summed E-state index contributed by atoms with van der Waals surface area (Å²) in [7, 11) is 4.94. The zero-order valence-electron chi connectivity index (χ0n) is 32.2. The lowest BCUT2D eigenvalue weighted by molar-refractivity contribution is -0.209. The second-order valence-corrected chi connectivity index (χ2v) is 14.0. The van der Waals surface area contributed by atoms with E-state index in [-0.39, 0.29) is 5.92 Å². The highest BCUT2D eigenvalue weighted by Gasteiger charge is 2.41. The van der Waals surface area contributed by atoms with Crippen LogP contribution in [0.15, 0.2) is 97.1 Å². The Labute approximate surface area is 318 Å². The van der Waals surface area contributed by atoms with E-state index in [2.05, 4.69) is 12.1 Å². The van der Waals surface area contributed by atoms with E-state index >= 15 is 0 Å². The highest BCUT2D eigenvalue weighted by molar-refractivity contribution is 5.60. The van der Waals surface area contributed by atoms with Crippen molar-refractivity contribution in [2.45, 2.75) is 70.7 Å². The minimum Gasteiger partial charge on any atom is -0.497 e. The molecule has 0 amide bonds. The van der Waals surface area contributed by atoms with Gasteiger partial charge in [-0.3, -0.25) is 0 Å². The molecule has 4 aromatic carbocycles. The average Bonchev–Trinajstić information content (AvgIpc) is 3.17. The molecular weight excluding hydrogens is 690 g/mol. The van der Waals surface area contributed by atoms with Crippen LogP contribution < -0.4 is 18.9 Å². The summed E-state index contributed by atoms with van der Waals surface area (Å²) in [4.78, 5) is 18.6. The molecule has 1 aliphatic heterocycles. The van der Waals surface area contributed by atoms with Crippen molar-refractivity contribution < 1.29 is 47.5 Å². The largest absolute Gasteiger partial charge is 0.528 e. The fourth-order valence-corrected chi connectivity index (χ4v) is 6.12. The summed E-state index contributed by atoms with van der Waals surface area (Å²) in [5.74, 6) is 2.89. The summed E-state index contributed by atoms with van der Waals surface area (Å²) >= 11 is 0. The third-order valence-corrected chi connectivity index (χ3v) is 8.82. The number of nitrogens with zero attached hydrogens (tertiary/aromatic N) is 1. The Morgan fingerprint density at radius 1 is 0.667 bits per heavy atom. The van der Waals surface area contributed by atoms with E-state index in [0.29, 0.717) is 46.1 Å². The molecule has 2 unspecified atom stereocenters. The monoisotopic (exact) mass is 743 g/mol. The summed E-state index contributed by atoms with van der Waals surface area (Å²) in [5, 5.41) is 1.58. The topological polar surface area (TPSA) is 103 Å². The van der Waals surface area contributed by atoms with E-state index in [1.807, 2.05) is 84.9 Å². The molecule has 54 heavy (non-hydrogen) atoms. The Morgan fingerprint density at radius 2 is 1.22 bits per heavy atom. The van der Waals surface area contributed by atoms with E-state index in [1.54, 1.807) is 47.2 Å². The number of piperidine rings is 1. The fraction of sp³-hybridized carbons (Fsp3) is 0.419. The number of carbonyl (C=O) groups is 1. The van der Waals surface area contributed by atoms with Gasteiger partial charge in [0.2, 0.25) is 0 Å². The summed E-state index contributed by atoms with van der Waals surface area (Å²) < 4.78 is 46.8. The van der Waals surface area contributed by atoms with Gasteiger partial charge in [-0.05, 0) is 79.9 Å². The van der Waals surface area contributed by atoms with E-state index in [9.17, 15) is 4.79 Å². The first-order valence-electron chi connectivity index (χ1n) is 18.2. The summed E-state index contributed by atoms with van der Waals surface area (Å²) in [6.07, 6.45) is -0.890. The zero-order valence-corrected chi connectivity index (χ0v) is 32.2. The SMILES string of the molecule is COc1ccc(COC2CN(OC(=O)OC(C)(C)C)CC(OCc3ccc(OC)cc3)C2c2ccc(OCCCOCc3ccccc3OC)cc2)cc1. The standard InChI is InChI=1S/C43H53NO10/c1-43(2,3)53-42(45)54-44-26-39(51-28-31-12-18-35(46-4)19-13-31)41(40(27-44)52-29-32-14-20-36(47-5)21-15-32)33-16-22-37(23-17-33)50-25-9-24-49-30-34-10-7-8-11-38(34)48-6/h7-8,10-23,39-41H,9,24-30H2,1-6H3. The lowest BCUT2D eigenvalue weighted by Gasteiger charge is -2.42. The van der Waals surface area contributed by atoms with Gasteiger partial charge in [-0.15, -0.1) is 5.06 Å². The second kappa shape index (κ2) is 20.0. The number of rotatable bonds is 18. The van der Waals surface area contributed by atoms with Crippen LogP contribution in [0.2, 0.25) is 0 Å². The molecule has 11 heteroatoms. The smallest absolute Gasteiger partial charge is 0.497 e. The minimum absolute atomic E-state index is 0.211. The number of hydrogen-bond donors (Lipinski definition) is 0. The van der Waals surface area contributed by atoms with E-state index in [4.69, 9.17) is 42.7 Å². The molecule has 0 radical (unpaired) electrons. The van der Waals surface area contributed by atoms with Crippen LogP contribution >= 0.6 is 0 Å². The van der Waals surface area contributed by atoms with Gasteiger partial charge >= 0.3 is 6.16 Å². The van der Waals surface area contributed by atoms with Gasteiger partial charge in [0.15, 0.2) is 0 Å². The average molecular weight is 744 g/mol. The van der Waals surface area contributed by atoms with Crippen LogP contribution in [-0.2, 0) is 43.6 Å². The highest BCUT2D eigenvalue weighted by Crippen LogP contribution is 2.35. The molecule has 1 saturated heterocycles. The molecule has 0 bridgehead atoms. The van der Waals surface area contributed by atoms with Crippen LogP contribution in [0, 0.1) is 0 Å². The van der Waals surface area contributed by atoms with Crippen molar-refractivity contribution in [1.29, 1.82) is 0 Å². The van der Waals surface area contributed by atoms with Gasteiger partial charge in [0, 0.05) is 17.9 Å². The fourth-order valence-electron chi connectivity index (χ4n) is 6.12. The van der Waals surface area contributed by atoms with E-state index < -0.39 is 24.0 Å². The molecule has 0 spiro atoms. The van der Waals surface area contributed by atoms with Crippen LogP contribution in [0.4, 0.5) is 4.79 Å². The predicted octanol–water partition coefficient (Wildman–Crippen LogP) is 8.13. The van der Waals surface area contributed by atoms with Gasteiger partial charge < -0.3 is 42.7 Å². The number of hydrogen-bond acceptors (Lipinski definition) is 11. The Bertz CT molecular complexity index is 1640. The summed E-state index contributed by atoms with van der Waals surface area (Å²) in [6, 6.07) is 31.4. The van der Waals surface area contributed by atoms with Crippen LogP contribution in [0.5, 0.6) is 23.0 Å². The Kier molecular flexibility index (Phi) is 15.0. The van der Waals surface area contributed by atoms with Gasteiger partial charge in [0.05, 0.1) is 79.7 Å². The van der Waals surface area contributed by atoms with Crippen LogP contribution in [-0.4, -0.2) is 76.7 Å². The molecule has 290 valence electrons. The number of ether oxygens (including phenoxy) is 8. The molecule has 2 atom stereocenters. The predicted molar refractivity (Wildman–Crippen MR) is 204 cm³/mol. The Hall–Kier alpha value is -4.81. The lowest BCUT2D eigenvalue weighted by atomic mass is 9.85. The number of hydroxylamine groups is 2. The molecule has 5 rings (SSSR count). The summed E-state index contributed by atoms with van der Waals surface area (Å²) in [6.45, 7) is 8.20. The Balaban J connectivity index is 1.29. The first-order valence-corrected chi connectivity index (χ1v) is 18.2. The lowest BCUT2D eigenvalue weighted by Crippen LogP contribution is -2.53. The molecule has 0 N–H and O–H groups in total. The van der Waals surface area contributed by atoms with Gasteiger partial charge in [0.25, 0.3) is 0 Å². The van der Waals surface area contributed by atoms with Crippen molar-refractivity contribution in [1.82, 2.24) is 5.06 Å². The van der Waals surface area contributed by atoms with Crippen molar-refractivity contribution in [3.05, 3.63) is 119 Å². The minimum atomic E-state index is -0.782. The molecule has 0 saturated carbocycles. The van der Waals surface area contributed by atoms with Crippen LogP contribution in [0.1, 0.15) is 55.4 Å². The third-order valence-electron chi connectivity index (χ3n) is 8.82. The van der Waals surface area contributed by atoms with Crippen molar-refractivity contribution in [3.63, 3.8) is 0 Å². The number of methoxy groups -OCH3 is 3. The van der Waals surface area contributed by atoms with E-state index in [0.717, 1.165) is 51.7 Å². The quantitative estimate of drug-likeness (QED) is 0.0729. The maximum absolute atomic E-state index is 12.8. The van der Waals surface area contributed by atoms with E-state index in [1.165, 1.54) is 0 Å². The summed E-state index contributed by atoms with van der Waals surface area (Å²) in [5.41, 5.74) is 3.27. The molecular formula is C43H53NO10. The van der Waals surface area contributed by atoms with Crippen molar-refractivity contribution in [2.24, 2.45) is 0 Å². The number of benzene rings is 4. The highest BCUT2D eigenvalue weighted by atomic mass is 16.8. The number of para-hydroxylation sites is 1.